The van der Waals surface area contributed by atoms with Crippen molar-refractivity contribution < 1.29 is 22.7 Å². The van der Waals surface area contributed by atoms with Crippen molar-refractivity contribution in [1.29, 1.82) is 5.26 Å². The van der Waals surface area contributed by atoms with Gasteiger partial charge < -0.3 is 9.64 Å². The summed E-state index contributed by atoms with van der Waals surface area (Å²) in [4.78, 5) is 26.5. The van der Waals surface area contributed by atoms with Gasteiger partial charge in [-0.05, 0) is 37.5 Å². The summed E-state index contributed by atoms with van der Waals surface area (Å²) in [6, 6.07) is 8.32. The van der Waals surface area contributed by atoms with Crippen LogP contribution in [-0.4, -0.2) is 50.1 Å². The number of rotatable bonds is 6. The van der Waals surface area contributed by atoms with Crippen molar-refractivity contribution in [3.63, 3.8) is 0 Å². The van der Waals surface area contributed by atoms with Crippen LogP contribution in [0.4, 0.5) is 0 Å². The van der Waals surface area contributed by atoms with Crippen molar-refractivity contribution in [2.45, 2.75) is 56.4 Å². The van der Waals surface area contributed by atoms with Crippen molar-refractivity contribution >= 4 is 21.7 Å². The lowest BCUT2D eigenvalue weighted by Crippen LogP contribution is -2.53. The van der Waals surface area contributed by atoms with Crippen molar-refractivity contribution in [3.8, 4) is 6.07 Å². The Morgan fingerprint density at radius 1 is 1.21 bits per heavy atom. The highest BCUT2D eigenvalue weighted by Gasteiger charge is 2.40. The maximum absolute atomic E-state index is 12.7. The van der Waals surface area contributed by atoms with Crippen LogP contribution in [-0.2, 0) is 25.1 Å². The van der Waals surface area contributed by atoms with E-state index in [0.717, 1.165) is 25.5 Å². The number of benzene rings is 1. The molecule has 0 N–H and O–H groups in total. The van der Waals surface area contributed by atoms with Crippen LogP contribution < -0.4 is 0 Å². The standard InChI is InChI=1S/C20H26N2O5S/c1-15(18(23)22(2)20(14-21)11-5-4-6-12-20)27-19(24)17-9-7-16(8-10-17)13-28(3,25)26/h7-10,15H,4-6,11-13H2,1-3H3/t15-/m1/s1. The molecular formula is C20H26N2O5S. The van der Waals surface area contributed by atoms with E-state index in [0.29, 0.717) is 18.4 Å². The third kappa shape index (κ3) is 5.32. The molecule has 1 aromatic carbocycles. The maximum atomic E-state index is 12.7. The molecule has 0 heterocycles. The smallest absolute Gasteiger partial charge is 0.338 e. The number of carbonyl (C=O) groups excluding carboxylic acids is 2. The van der Waals surface area contributed by atoms with E-state index in [9.17, 15) is 23.3 Å². The zero-order valence-corrected chi connectivity index (χ0v) is 17.3. The molecule has 0 unspecified atom stereocenters. The highest BCUT2D eigenvalue weighted by atomic mass is 32.2. The van der Waals surface area contributed by atoms with Gasteiger partial charge in [0, 0.05) is 13.3 Å². The number of esters is 1. The molecule has 0 bridgehead atoms. The van der Waals surface area contributed by atoms with Crippen LogP contribution in [0.15, 0.2) is 24.3 Å². The second kappa shape index (κ2) is 8.74. The molecule has 0 aromatic heterocycles. The number of amides is 1. The first-order valence-electron chi connectivity index (χ1n) is 9.24. The molecule has 1 fully saturated rings. The Bertz CT molecular complexity index is 865. The number of carbonyl (C=O) groups is 2. The fourth-order valence-electron chi connectivity index (χ4n) is 3.46. The molecule has 1 aliphatic carbocycles. The van der Waals surface area contributed by atoms with Crippen LogP contribution >= 0.6 is 0 Å². The number of hydrogen-bond donors (Lipinski definition) is 0. The molecule has 0 saturated heterocycles. The van der Waals surface area contributed by atoms with Gasteiger partial charge in [-0.3, -0.25) is 4.79 Å². The minimum Gasteiger partial charge on any atom is -0.449 e. The molecule has 1 aliphatic rings. The summed E-state index contributed by atoms with van der Waals surface area (Å²) in [7, 11) is -1.58. The molecule has 28 heavy (non-hydrogen) atoms. The molecule has 8 heteroatoms. The Balaban J connectivity index is 2.03. The third-order valence-electron chi connectivity index (χ3n) is 5.11. The summed E-state index contributed by atoms with van der Waals surface area (Å²) in [5, 5.41) is 9.61. The summed E-state index contributed by atoms with van der Waals surface area (Å²) < 4.78 is 27.9. The molecule has 1 amide bonds. The molecule has 2 rings (SSSR count). The van der Waals surface area contributed by atoms with E-state index >= 15 is 0 Å². The van der Waals surface area contributed by atoms with E-state index in [1.807, 2.05) is 0 Å². The summed E-state index contributed by atoms with van der Waals surface area (Å²) in [5.74, 6) is -1.20. The second-order valence-electron chi connectivity index (χ2n) is 7.42. The summed E-state index contributed by atoms with van der Waals surface area (Å²) in [5.41, 5.74) is -0.0492. The lowest BCUT2D eigenvalue weighted by Gasteiger charge is -2.39. The SMILES string of the molecule is C[C@@H](OC(=O)c1ccc(CS(C)(=O)=O)cc1)C(=O)N(C)C1(C#N)CCCCC1. The molecule has 1 aromatic rings. The van der Waals surface area contributed by atoms with Crippen molar-refractivity contribution in [1.82, 2.24) is 4.90 Å². The zero-order chi connectivity index (χ0) is 20.9. The zero-order valence-electron chi connectivity index (χ0n) is 16.5. The van der Waals surface area contributed by atoms with E-state index in [-0.39, 0.29) is 11.3 Å². The fourth-order valence-corrected chi connectivity index (χ4v) is 4.26. The van der Waals surface area contributed by atoms with Gasteiger partial charge in [0.05, 0.1) is 17.4 Å². The molecule has 7 nitrogen and oxygen atoms in total. The average molecular weight is 407 g/mol. The van der Waals surface area contributed by atoms with Gasteiger partial charge in [0.25, 0.3) is 5.91 Å². The van der Waals surface area contributed by atoms with Gasteiger partial charge >= 0.3 is 5.97 Å². The van der Waals surface area contributed by atoms with E-state index in [2.05, 4.69) is 6.07 Å². The van der Waals surface area contributed by atoms with Crippen LogP contribution in [0.25, 0.3) is 0 Å². The minimum absolute atomic E-state index is 0.113. The van der Waals surface area contributed by atoms with Gasteiger partial charge in [-0.15, -0.1) is 0 Å². The van der Waals surface area contributed by atoms with Gasteiger partial charge in [-0.1, -0.05) is 31.4 Å². The highest BCUT2D eigenvalue weighted by Crippen LogP contribution is 2.33. The normalized spacial score (nSPS) is 17.2. The maximum Gasteiger partial charge on any atom is 0.338 e. The summed E-state index contributed by atoms with van der Waals surface area (Å²) >= 11 is 0. The molecule has 152 valence electrons. The fraction of sp³-hybridized carbons (Fsp3) is 0.550. The Hall–Kier alpha value is -2.40. The first-order chi connectivity index (χ1) is 13.1. The number of nitriles is 1. The van der Waals surface area contributed by atoms with Crippen molar-refractivity contribution in [2.24, 2.45) is 0 Å². The van der Waals surface area contributed by atoms with Gasteiger partial charge in [-0.2, -0.15) is 5.26 Å². The van der Waals surface area contributed by atoms with Crippen LogP contribution in [0.5, 0.6) is 0 Å². The Morgan fingerprint density at radius 2 is 1.79 bits per heavy atom. The van der Waals surface area contributed by atoms with E-state index in [1.54, 1.807) is 19.2 Å². The van der Waals surface area contributed by atoms with Gasteiger partial charge in [0.2, 0.25) is 0 Å². The van der Waals surface area contributed by atoms with Gasteiger partial charge in [-0.25, -0.2) is 13.2 Å². The minimum atomic E-state index is -3.16. The Labute approximate surface area is 166 Å². The second-order valence-corrected chi connectivity index (χ2v) is 9.56. The molecule has 1 saturated carbocycles. The van der Waals surface area contributed by atoms with E-state index < -0.39 is 33.4 Å². The van der Waals surface area contributed by atoms with Gasteiger partial charge in [0.15, 0.2) is 15.9 Å². The van der Waals surface area contributed by atoms with Crippen molar-refractivity contribution in [3.05, 3.63) is 35.4 Å². The lowest BCUT2D eigenvalue weighted by atomic mass is 9.81. The van der Waals surface area contributed by atoms with E-state index in [1.165, 1.54) is 24.0 Å². The third-order valence-corrected chi connectivity index (χ3v) is 5.97. The number of nitrogens with zero attached hydrogens (tertiary/aromatic N) is 2. The first kappa shape index (κ1) is 21.9. The average Bonchev–Trinajstić information content (AvgIpc) is 2.66. The van der Waals surface area contributed by atoms with Gasteiger partial charge in [0.1, 0.15) is 5.54 Å². The van der Waals surface area contributed by atoms with Crippen LogP contribution in [0.2, 0.25) is 0 Å². The Kier molecular flexibility index (Phi) is 6.83. The highest BCUT2D eigenvalue weighted by molar-refractivity contribution is 7.89. The Morgan fingerprint density at radius 3 is 2.29 bits per heavy atom. The molecule has 0 radical (unpaired) electrons. The van der Waals surface area contributed by atoms with Crippen LogP contribution in [0.1, 0.15) is 54.9 Å². The van der Waals surface area contributed by atoms with Crippen LogP contribution in [0.3, 0.4) is 0 Å². The predicted molar refractivity (Wildman–Crippen MR) is 104 cm³/mol. The molecule has 1 atom stereocenters. The quantitative estimate of drug-likeness (QED) is 0.672. The topological polar surface area (TPSA) is 105 Å². The number of likely N-dealkylation sites (N-methyl/N-ethyl adjacent to an activating group) is 1. The monoisotopic (exact) mass is 406 g/mol. The predicted octanol–water partition coefficient (Wildman–Crippen LogP) is 2.46. The number of sulfone groups is 1. The van der Waals surface area contributed by atoms with Crippen LogP contribution in [0, 0.1) is 11.3 Å². The van der Waals surface area contributed by atoms with E-state index in [4.69, 9.17) is 4.74 Å². The lowest BCUT2D eigenvalue weighted by molar-refractivity contribution is -0.143. The number of ether oxygens (including phenoxy) is 1. The molecular weight excluding hydrogens is 380 g/mol. The van der Waals surface area contributed by atoms with Crippen molar-refractivity contribution in [2.75, 3.05) is 13.3 Å². The summed E-state index contributed by atoms with van der Waals surface area (Å²) in [6.07, 6.45) is 4.17. The number of hydrogen-bond acceptors (Lipinski definition) is 6. The molecule has 0 aliphatic heterocycles. The first-order valence-corrected chi connectivity index (χ1v) is 11.3. The largest absolute Gasteiger partial charge is 0.449 e. The molecule has 0 spiro atoms. The summed E-state index contributed by atoms with van der Waals surface area (Å²) in [6.45, 7) is 1.49.